The third kappa shape index (κ3) is 2.77. The Hall–Kier alpha value is -2.60. The molecule has 3 fully saturated rings. The molecule has 5 atom stereocenters. The summed E-state index contributed by atoms with van der Waals surface area (Å²) in [5.41, 5.74) is 2.08. The summed E-state index contributed by atoms with van der Waals surface area (Å²) in [5, 5.41) is 25.8. The van der Waals surface area contributed by atoms with Gasteiger partial charge in [-0.15, -0.1) is 0 Å². The number of hydrogen-bond donors (Lipinski definition) is 2. The predicted molar refractivity (Wildman–Crippen MR) is 137 cm³/mol. The minimum Gasteiger partial charge on any atom is -0.504 e. The third-order valence-corrected chi connectivity index (χ3v) is 10.0. The lowest BCUT2D eigenvalue weighted by molar-refractivity contribution is -0.217. The fourth-order valence-corrected chi connectivity index (χ4v) is 8.22. The zero-order valence-corrected chi connectivity index (χ0v) is 20.5. The number of phenols is 1. The molecule has 0 radical (unpaired) electrons. The van der Waals surface area contributed by atoms with E-state index in [1.165, 1.54) is 34.7 Å². The lowest BCUT2D eigenvalue weighted by atomic mass is 9.48. The highest BCUT2D eigenvalue weighted by molar-refractivity contribution is 5.85. The second kappa shape index (κ2) is 7.47. The average molecular weight is 484 g/mol. The maximum Gasteiger partial charge on any atom is 0.165 e. The minimum atomic E-state index is -0.865. The monoisotopic (exact) mass is 483 g/mol. The number of fused-ring (bicyclic) bond motifs is 1. The van der Waals surface area contributed by atoms with Crippen LogP contribution in [0, 0.1) is 5.92 Å². The van der Waals surface area contributed by atoms with Crippen LogP contribution in [0.1, 0.15) is 48.8 Å². The van der Waals surface area contributed by atoms with Gasteiger partial charge in [0.15, 0.2) is 11.5 Å². The Morgan fingerprint density at radius 3 is 2.75 bits per heavy atom. The lowest BCUT2D eigenvalue weighted by Crippen LogP contribution is -2.77. The van der Waals surface area contributed by atoms with Gasteiger partial charge in [0.05, 0.1) is 23.7 Å². The van der Waals surface area contributed by atoms with Crippen molar-refractivity contribution in [1.82, 2.24) is 4.90 Å². The molecule has 1 spiro atoms. The third-order valence-electron chi connectivity index (χ3n) is 10.0. The second-order valence-corrected chi connectivity index (χ2v) is 11.8. The van der Waals surface area contributed by atoms with Crippen LogP contribution in [0.5, 0.6) is 11.5 Å². The van der Waals surface area contributed by atoms with Crippen LogP contribution >= 0.6 is 0 Å². The summed E-state index contributed by atoms with van der Waals surface area (Å²) < 4.78 is 13.3. The normalized spacial score (nSPS) is 34.4. The van der Waals surface area contributed by atoms with Crippen LogP contribution in [0.25, 0.3) is 10.8 Å². The molecule has 3 aliphatic carbocycles. The topological polar surface area (TPSA) is 62.2 Å². The van der Waals surface area contributed by atoms with Crippen molar-refractivity contribution >= 4 is 10.8 Å². The number of nitrogens with zero attached hydrogens (tertiary/aromatic N) is 1. The number of rotatable bonds is 5. The van der Waals surface area contributed by atoms with Gasteiger partial charge in [0, 0.05) is 18.2 Å². The molecule has 5 heteroatoms. The van der Waals surface area contributed by atoms with E-state index in [4.69, 9.17) is 9.47 Å². The molecular formula is C31H33NO4. The molecule has 2 N–H and O–H groups in total. The standard InChI is InChI=1S/C31H33NO4/c33-24-11-10-21-16-26-31(34)13-12-25(35-18-22-6-3-5-20-4-1-2-7-23(20)22)29-30(31,27(21)28(24)36-29)14-15-32(26)17-19-8-9-19/h1-7,10-11,19,25-26,29,33-34H,8-9,12-18H2/t25-,26?,29?,30?,31?/m0/s1. The van der Waals surface area contributed by atoms with Crippen molar-refractivity contribution < 1.29 is 19.7 Å². The molecule has 2 aliphatic heterocycles. The summed E-state index contributed by atoms with van der Waals surface area (Å²) in [7, 11) is 0. The van der Waals surface area contributed by atoms with Gasteiger partial charge >= 0.3 is 0 Å². The number of hydrogen-bond acceptors (Lipinski definition) is 5. The summed E-state index contributed by atoms with van der Waals surface area (Å²) in [6.45, 7) is 2.57. The molecule has 5 nitrogen and oxygen atoms in total. The number of piperidine rings is 1. The highest BCUT2D eigenvalue weighted by Crippen LogP contribution is 2.65. The van der Waals surface area contributed by atoms with Gasteiger partial charge in [-0.05, 0) is 79.0 Å². The van der Waals surface area contributed by atoms with Gasteiger partial charge in [-0.2, -0.15) is 0 Å². The summed E-state index contributed by atoms with van der Waals surface area (Å²) >= 11 is 0. The molecule has 186 valence electrons. The molecule has 2 bridgehead atoms. The van der Waals surface area contributed by atoms with E-state index in [2.05, 4.69) is 53.4 Å². The molecule has 36 heavy (non-hydrogen) atoms. The first-order valence-electron chi connectivity index (χ1n) is 13.7. The lowest BCUT2D eigenvalue weighted by Gasteiger charge is -2.64. The number of benzene rings is 3. The second-order valence-electron chi connectivity index (χ2n) is 11.8. The van der Waals surface area contributed by atoms with Crippen LogP contribution in [0.3, 0.4) is 0 Å². The van der Waals surface area contributed by atoms with Crippen molar-refractivity contribution in [3.63, 3.8) is 0 Å². The summed E-state index contributed by atoms with van der Waals surface area (Å²) in [6, 6.07) is 18.7. The number of phenolic OH excluding ortho intramolecular Hbond substituents is 1. The van der Waals surface area contributed by atoms with Crippen LogP contribution in [0.15, 0.2) is 54.6 Å². The molecule has 3 aromatic rings. The largest absolute Gasteiger partial charge is 0.504 e. The first-order valence-corrected chi connectivity index (χ1v) is 13.7. The molecule has 5 aliphatic rings. The molecule has 8 rings (SSSR count). The van der Waals surface area contributed by atoms with E-state index < -0.39 is 11.0 Å². The number of ether oxygens (including phenoxy) is 2. The Kier molecular flexibility index (Phi) is 4.46. The van der Waals surface area contributed by atoms with Gasteiger partial charge in [0.1, 0.15) is 6.10 Å². The van der Waals surface area contributed by atoms with Crippen molar-refractivity contribution in [1.29, 1.82) is 0 Å². The van der Waals surface area contributed by atoms with Crippen LogP contribution in [-0.2, 0) is 23.2 Å². The van der Waals surface area contributed by atoms with Gasteiger partial charge in [-0.25, -0.2) is 0 Å². The quantitative estimate of drug-likeness (QED) is 0.551. The SMILES string of the molecule is Oc1ccc2c3c1OC1[C@@H](OCc4cccc5ccccc45)CCC4(O)C(C2)N(CC2CC2)CCC314. The van der Waals surface area contributed by atoms with Gasteiger partial charge in [-0.1, -0.05) is 48.5 Å². The Morgan fingerprint density at radius 2 is 1.86 bits per heavy atom. The first-order chi connectivity index (χ1) is 17.6. The van der Waals surface area contributed by atoms with Gasteiger partial charge < -0.3 is 19.7 Å². The molecule has 2 saturated carbocycles. The first kappa shape index (κ1) is 21.5. The van der Waals surface area contributed by atoms with E-state index in [1.807, 2.05) is 0 Å². The summed E-state index contributed by atoms with van der Waals surface area (Å²) in [5.74, 6) is 1.56. The smallest absolute Gasteiger partial charge is 0.165 e. The molecule has 4 unspecified atom stereocenters. The highest BCUT2D eigenvalue weighted by Gasteiger charge is 2.73. The van der Waals surface area contributed by atoms with Crippen LogP contribution in [-0.4, -0.2) is 52.1 Å². The molecule has 0 amide bonds. The number of likely N-dealkylation sites (tertiary alicyclic amines) is 1. The van der Waals surface area contributed by atoms with Crippen LogP contribution in [0.2, 0.25) is 0 Å². The molecule has 3 aromatic carbocycles. The summed E-state index contributed by atoms with van der Waals surface area (Å²) in [6.07, 6.45) is 5.32. The Labute approximate surface area is 211 Å². The van der Waals surface area contributed by atoms with E-state index in [1.54, 1.807) is 6.07 Å². The van der Waals surface area contributed by atoms with Crippen molar-refractivity contribution in [2.45, 2.75) is 74.4 Å². The molecule has 0 aromatic heterocycles. The van der Waals surface area contributed by atoms with E-state index in [9.17, 15) is 10.2 Å². The van der Waals surface area contributed by atoms with E-state index in [-0.39, 0.29) is 24.0 Å². The van der Waals surface area contributed by atoms with Gasteiger partial charge in [0.25, 0.3) is 0 Å². The maximum atomic E-state index is 12.6. The maximum absolute atomic E-state index is 12.6. The zero-order valence-electron chi connectivity index (χ0n) is 20.5. The average Bonchev–Trinajstić information content (AvgIpc) is 3.63. The van der Waals surface area contributed by atoms with Gasteiger partial charge in [-0.3, -0.25) is 4.90 Å². The van der Waals surface area contributed by atoms with Crippen molar-refractivity contribution in [3.8, 4) is 11.5 Å². The fourth-order valence-electron chi connectivity index (χ4n) is 8.22. The predicted octanol–water partition coefficient (Wildman–Crippen LogP) is 4.69. The Bertz CT molecular complexity index is 1360. The number of aromatic hydroxyl groups is 1. The van der Waals surface area contributed by atoms with Crippen molar-refractivity contribution in [2.24, 2.45) is 5.92 Å². The molecular weight excluding hydrogens is 450 g/mol. The van der Waals surface area contributed by atoms with Gasteiger partial charge in [0.2, 0.25) is 0 Å². The fraction of sp³-hybridized carbons (Fsp3) is 0.484. The van der Waals surface area contributed by atoms with Crippen LogP contribution < -0.4 is 4.74 Å². The van der Waals surface area contributed by atoms with Crippen molar-refractivity contribution in [2.75, 3.05) is 13.1 Å². The minimum absolute atomic E-state index is 0.0972. The van der Waals surface area contributed by atoms with E-state index in [0.717, 1.165) is 43.8 Å². The zero-order chi connectivity index (χ0) is 24.1. The Morgan fingerprint density at radius 1 is 1.00 bits per heavy atom. The number of aliphatic hydroxyl groups is 1. The molecule has 1 saturated heterocycles. The van der Waals surface area contributed by atoms with Crippen LogP contribution in [0.4, 0.5) is 0 Å². The van der Waals surface area contributed by atoms with E-state index >= 15 is 0 Å². The summed E-state index contributed by atoms with van der Waals surface area (Å²) in [4.78, 5) is 2.57. The highest BCUT2D eigenvalue weighted by atomic mass is 16.6. The van der Waals surface area contributed by atoms with E-state index in [0.29, 0.717) is 18.8 Å². The Balaban J connectivity index is 1.18. The van der Waals surface area contributed by atoms with Crippen molar-refractivity contribution in [3.05, 3.63) is 71.3 Å². The molecule has 2 heterocycles.